The maximum absolute atomic E-state index is 11.2. The van der Waals surface area contributed by atoms with Crippen LogP contribution in [0.5, 0.6) is 0 Å². The minimum Gasteiger partial charge on any atom is -0.377 e. The summed E-state index contributed by atoms with van der Waals surface area (Å²) in [5.74, 6) is -1.43. The first kappa shape index (κ1) is 11.2. The molecule has 1 atom stereocenters. The fourth-order valence-electron chi connectivity index (χ4n) is 0.949. The van der Waals surface area contributed by atoms with Gasteiger partial charge in [-0.1, -0.05) is 30.3 Å². The zero-order valence-electron chi connectivity index (χ0n) is 8.14. The molecule has 1 rings (SSSR count). The Balaban J connectivity index is 2.57. The second-order valence-electron chi connectivity index (χ2n) is 2.89. The van der Waals surface area contributed by atoms with Gasteiger partial charge in [0.2, 0.25) is 5.91 Å². The molecule has 0 aromatic heterocycles. The molecule has 0 unspecified atom stereocenters. The Hall–Kier alpha value is -1.88. The highest BCUT2D eigenvalue weighted by Gasteiger charge is 2.19. The molecule has 80 valence electrons. The van der Waals surface area contributed by atoms with E-state index in [-0.39, 0.29) is 0 Å². The number of nitrogens with one attached hydrogen (secondary N) is 1. The summed E-state index contributed by atoms with van der Waals surface area (Å²) in [4.78, 5) is 25.9. The molecule has 1 aromatic rings. The Kier molecular flexibility index (Phi) is 3.82. The van der Waals surface area contributed by atoms with Crippen LogP contribution in [0.3, 0.4) is 0 Å². The largest absolute Gasteiger partial charge is 0.377 e. The molecule has 0 saturated carbocycles. The fourth-order valence-corrected chi connectivity index (χ4v) is 0.949. The third kappa shape index (κ3) is 3.40. The third-order valence-corrected chi connectivity index (χ3v) is 1.63. The van der Waals surface area contributed by atoms with E-state index in [0.717, 1.165) is 0 Å². The van der Waals surface area contributed by atoms with E-state index in [2.05, 4.69) is 4.84 Å². The third-order valence-electron chi connectivity index (χ3n) is 1.63. The number of aliphatic hydroxyl groups excluding tert-OH is 1. The lowest BCUT2D eigenvalue weighted by atomic mass is 10.1. The van der Waals surface area contributed by atoms with Crippen LogP contribution in [0.4, 0.5) is 0 Å². The Labute approximate surface area is 86.6 Å². The number of benzene rings is 1. The SMILES string of the molecule is CC(=O)NOC(=O)[C@H](O)c1ccccc1. The minimum absolute atomic E-state index is 0.410. The molecule has 0 radical (unpaired) electrons. The van der Waals surface area contributed by atoms with E-state index in [1.807, 2.05) is 5.48 Å². The summed E-state index contributed by atoms with van der Waals surface area (Å²) in [6.45, 7) is 1.20. The molecule has 5 nitrogen and oxygen atoms in total. The van der Waals surface area contributed by atoms with Crippen LogP contribution in [0.25, 0.3) is 0 Å². The second kappa shape index (κ2) is 5.11. The van der Waals surface area contributed by atoms with Crippen LogP contribution in [0, 0.1) is 0 Å². The molecule has 0 saturated heterocycles. The summed E-state index contributed by atoms with van der Waals surface area (Å²) in [5.41, 5.74) is 2.26. The van der Waals surface area contributed by atoms with Gasteiger partial charge in [0.05, 0.1) is 0 Å². The highest BCUT2D eigenvalue weighted by Crippen LogP contribution is 2.12. The topological polar surface area (TPSA) is 75.6 Å². The van der Waals surface area contributed by atoms with Crippen LogP contribution in [-0.4, -0.2) is 17.0 Å². The second-order valence-corrected chi connectivity index (χ2v) is 2.89. The Bertz CT molecular complexity index is 350. The van der Waals surface area contributed by atoms with Crippen LogP contribution in [0.15, 0.2) is 30.3 Å². The van der Waals surface area contributed by atoms with E-state index in [4.69, 9.17) is 0 Å². The van der Waals surface area contributed by atoms with E-state index in [1.165, 1.54) is 6.92 Å². The molecule has 2 N–H and O–H groups in total. The van der Waals surface area contributed by atoms with Crippen molar-refractivity contribution in [2.45, 2.75) is 13.0 Å². The van der Waals surface area contributed by atoms with Gasteiger partial charge in [0.25, 0.3) is 0 Å². The Morgan fingerprint density at radius 1 is 1.33 bits per heavy atom. The molecule has 1 aromatic carbocycles. The van der Waals surface area contributed by atoms with Gasteiger partial charge in [0, 0.05) is 6.92 Å². The van der Waals surface area contributed by atoms with Crippen molar-refractivity contribution in [1.82, 2.24) is 5.48 Å². The summed E-state index contributed by atoms with van der Waals surface area (Å²) in [5, 5.41) is 9.48. The average molecular weight is 209 g/mol. The van der Waals surface area contributed by atoms with Crippen molar-refractivity contribution in [3.8, 4) is 0 Å². The predicted molar refractivity (Wildman–Crippen MR) is 51.3 cm³/mol. The van der Waals surface area contributed by atoms with Crippen LogP contribution < -0.4 is 5.48 Å². The Morgan fingerprint density at radius 3 is 2.47 bits per heavy atom. The van der Waals surface area contributed by atoms with Gasteiger partial charge in [0.15, 0.2) is 6.10 Å². The van der Waals surface area contributed by atoms with Crippen molar-refractivity contribution in [3.63, 3.8) is 0 Å². The monoisotopic (exact) mass is 209 g/mol. The molecule has 0 fully saturated rings. The van der Waals surface area contributed by atoms with Gasteiger partial charge in [-0.05, 0) is 5.56 Å². The van der Waals surface area contributed by atoms with Crippen molar-refractivity contribution in [2.75, 3.05) is 0 Å². The summed E-state index contributed by atoms with van der Waals surface area (Å²) >= 11 is 0. The first-order valence-electron chi connectivity index (χ1n) is 4.31. The van der Waals surface area contributed by atoms with Crippen LogP contribution >= 0.6 is 0 Å². The van der Waals surface area contributed by atoms with Crippen molar-refractivity contribution in [3.05, 3.63) is 35.9 Å². The highest BCUT2D eigenvalue weighted by molar-refractivity contribution is 5.79. The lowest BCUT2D eigenvalue weighted by molar-refractivity contribution is -0.166. The summed E-state index contributed by atoms with van der Waals surface area (Å²) < 4.78 is 0. The average Bonchev–Trinajstić information content (AvgIpc) is 2.26. The molecule has 0 spiro atoms. The zero-order valence-corrected chi connectivity index (χ0v) is 8.14. The quantitative estimate of drug-likeness (QED) is 0.687. The van der Waals surface area contributed by atoms with Crippen LogP contribution in [-0.2, 0) is 14.4 Å². The van der Waals surface area contributed by atoms with E-state index >= 15 is 0 Å². The molecule has 0 bridgehead atoms. The molecular formula is C10H11NO4. The molecule has 1 amide bonds. The van der Waals surface area contributed by atoms with Gasteiger partial charge in [0.1, 0.15) is 0 Å². The Morgan fingerprint density at radius 2 is 1.93 bits per heavy atom. The van der Waals surface area contributed by atoms with Gasteiger partial charge < -0.3 is 9.94 Å². The number of hydrogen-bond acceptors (Lipinski definition) is 4. The lowest BCUT2D eigenvalue weighted by Crippen LogP contribution is -2.27. The van der Waals surface area contributed by atoms with Gasteiger partial charge in [-0.15, -0.1) is 0 Å². The number of rotatable bonds is 2. The zero-order chi connectivity index (χ0) is 11.3. The molecule has 15 heavy (non-hydrogen) atoms. The molecule has 0 heterocycles. The van der Waals surface area contributed by atoms with E-state index in [0.29, 0.717) is 5.56 Å². The highest BCUT2D eigenvalue weighted by atomic mass is 16.7. The minimum atomic E-state index is -1.39. The maximum Gasteiger partial charge on any atom is 0.364 e. The maximum atomic E-state index is 11.2. The normalized spacial score (nSPS) is 11.6. The smallest absolute Gasteiger partial charge is 0.364 e. The van der Waals surface area contributed by atoms with E-state index in [1.54, 1.807) is 30.3 Å². The summed E-state index contributed by atoms with van der Waals surface area (Å²) in [7, 11) is 0. The van der Waals surface area contributed by atoms with E-state index in [9.17, 15) is 14.7 Å². The van der Waals surface area contributed by atoms with Crippen molar-refractivity contribution < 1.29 is 19.5 Å². The first-order chi connectivity index (χ1) is 7.11. The van der Waals surface area contributed by atoms with Gasteiger partial charge in [-0.25, -0.2) is 4.79 Å². The fraction of sp³-hybridized carbons (Fsp3) is 0.200. The summed E-state index contributed by atoms with van der Waals surface area (Å²) in [6.07, 6.45) is -1.39. The van der Waals surface area contributed by atoms with Gasteiger partial charge >= 0.3 is 5.97 Å². The number of hydrogen-bond donors (Lipinski definition) is 2. The van der Waals surface area contributed by atoms with Crippen molar-refractivity contribution >= 4 is 11.9 Å². The van der Waals surface area contributed by atoms with Crippen molar-refractivity contribution in [1.29, 1.82) is 0 Å². The lowest BCUT2D eigenvalue weighted by Gasteiger charge is -2.09. The number of carbonyl (C=O) groups is 2. The molecule has 0 aliphatic heterocycles. The summed E-state index contributed by atoms with van der Waals surface area (Å²) in [6, 6.07) is 8.29. The molecular weight excluding hydrogens is 198 g/mol. The van der Waals surface area contributed by atoms with Gasteiger partial charge in [-0.3, -0.25) is 4.79 Å². The van der Waals surface area contributed by atoms with Gasteiger partial charge in [-0.2, -0.15) is 5.48 Å². The number of amides is 1. The predicted octanol–water partition coefficient (Wildman–Crippen LogP) is 0.314. The molecule has 0 aliphatic rings. The number of aliphatic hydroxyl groups is 1. The van der Waals surface area contributed by atoms with Crippen LogP contribution in [0.2, 0.25) is 0 Å². The standard InChI is InChI=1S/C10H11NO4/c1-7(12)11-15-10(14)9(13)8-5-3-2-4-6-8/h2-6,9,13H,1H3,(H,11,12)/t9-/m1/s1. The molecule has 0 aliphatic carbocycles. The number of carbonyl (C=O) groups excluding carboxylic acids is 2. The first-order valence-corrected chi connectivity index (χ1v) is 4.31. The van der Waals surface area contributed by atoms with Crippen LogP contribution in [0.1, 0.15) is 18.6 Å². The van der Waals surface area contributed by atoms with Crippen molar-refractivity contribution in [2.24, 2.45) is 0 Å². The molecule has 5 heteroatoms. The van der Waals surface area contributed by atoms with E-state index < -0.39 is 18.0 Å². The number of hydroxylamine groups is 1.